The summed E-state index contributed by atoms with van der Waals surface area (Å²) in [5.74, 6) is 1.59. The highest BCUT2D eigenvalue weighted by molar-refractivity contribution is 5.43. The van der Waals surface area contributed by atoms with Crippen molar-refractivity contribution in [2.45, 2.75) is 51.9 Å². The van der Waals surface area contributed by atoms with Gasteiger partial charge in [0.15, 0.2) is 11.5 Å². The van der Waals surface area contributed by atoms with Gasteiger partial charge < -0.3 is 19.5 Å². The fraction of sp³-hybridized carbons (Fsp3) is 0.647. The lowest BCUT2D eigenvalue weighted by Crippen LogP contribution is -2.31. The highest BCUT2D eigenvalue weighted by Gasteiger charge is 2.13. The Hall–Kier alpha value is -1.26. The Balaban J connectivity index is 1.85. The quantitative estimate of drug-likeness (QED) is 0.838. The number of rotatable bonds is 7. The largest absolute Gasteiger partial charge is 0.493 e. The first-order chi connectivity index (χ1) is 10.2. The van der Waals surface area contributed by atoms with E-state index in [9.17, 15) is 0 Å². The van der Waals surface area contributed by atoms with Crippen molar-refractivity contribution in [2.75, 3.05) is 20.3 Å². The van der Waals surface area contributed by atoms with Gasteiger partial charge >= 0.3 is 0 Å². The van der Waals surface area contributed by atoms with Crippen LogP contribution < -0.4 is 14.8 Å². The van der Waals surface area contributed by atoms with Crippen molar-refractivity contribution in [1.82, 2.24) is 5.32 Å². The van der Waals surface area contributed by atoms with Crippen LogP contribution in [-0.4, -0.2) is 32.5 Å². The van der Waals surface area contributed by atoms with Crippen molar-refractivity contribution < 1.29 is 14.2 Å². The first-order valence-electron chi connectivity index (χ1n) is 7.85. The molecule has 1 heterocycles. The van der Waals surface area contributed by atoms with Gasteiger partial charge in [-0.05, 0) is 50.8 Å². The van der Waals surface area contributed by atoms with Crippen LogP contribution in [0.4, 0.5) is 0 Å². The zero-order valence-corrected chi connectivity index (χ0v) is 13.4. The van der Waals surface area contributed by atoms with Crippen LogP contribution in [0.3, 0.4) is 0 Å². The van der Waals surface area contributed by atoms with Crippen molar-refractivity contribution in [2.24, 2.45) is 0 Å². The molecule has 118 valence electrons. The monoisotopic (exact) mass is 293 g/mol. The average molecular weight is 293 g/mol. The van der Waals surface area contributed by atoms with E-state index in [0.717, 1.165) is 37.6 Å². The summed E-state index contributed by atoms with van der Waals surface area (Å²) >= 11 is 0. The van der Waals surface area contributed by atoms with Crippen molar-refractivity contribution in [3.8, 4) is 11.5 Å². The first kappa shape index (κ1) is 16.1. The minimum Gasteiger partial charge on any atom is -0.493 e. The number of methoxy groups -OCH3 is 1. The number of nitrogens with one attached hydrogen (secondary N) is 1. The van der Waals surface area contributed by atoms with E-state index in [1.807, 2.05) is 26.0 Å². The molecule has 1 aromatic carbocycles. The standard InChI is InChI=1S/C17H27NO3/c1-13(2)21-16-8-7-14(10-17(16)19-3)11-18-12-15-6-4-5-9-20-15/h7-8,10,13,15,18H,4-6,9,11-12H2,1-3H3. The zero-order chi connectivity index (χ0) is 15.1. The molecule has 1 aliphatic heterocycles. The third-order valence-corrected chi connectivity index (χ3v) is 3.57. The Bertz CT molecular complexity index is 428. The Morgan fingerprint density at radius 1 is 1.29 bits per heavy atom. The lowest BCUT2D eigenvalue weighted by molar-refractivity contribution is 0.0168. The van der Waals surface area contributed by atoms with Gasteiger partial charge in [0.25, 0.3) is 0 Å². The van der Waals surface area contributed by atoms with Crippen molar-refractivity contribution in [3.63, 3.8) is 0 Å². The molecule has 1 fully saturated rings. The topological polar surface area (TPSA) is 39.7 Å². The SMILES string of the molecule is COc1cc(CNCC2CCCCO2)ccc1OC(C)C. The van der Waals surface area contributed by atoms with E-state index in [1.165, 1.54) is 18.4 Å². The van der Waals surface area contributed by atoms with Crippen LogP contribution in [-0.2, 0) is 11.3 Å². The van der Waals surface area contributed by atoms with Gasteiger partial charge in [0, 0.05) is 19.7 Å². The fourth-order valence-corrected chi connectivity index (χ4v) is 2.52. The number of ether oxygens (including phenoxy) is 3. The molecular weight excluding hydrogens is 266 g/mol. The molecule has 0 amide bonds. The van der Waals surface area contributed by atoms with Gasteiger partial charge in [-0.3, -0.25) is 0 Å². The molecule has 1 aliphatic rings. The molecule has 2 rings (SSSR count). The predicted molar refractivity (Wildman–Crippen MR) is 84.1 cm³/mol. The van der Waals surface area contributed by atoms with Crippen molar-refractivity contribution in [3.05, 3.63) is 23.8 Å². The molecule has 0 aromatic heterocycles. The van der Waals surface area contributed by atoms with E-state index in [0.29, 0.717) is 6.10 Å². The molecule has 0 spiro atoms. The summed E-state index contributed by atoms with van der Waals surface area (Å²) in [4.78, 5) is 0. The minimum atomic E-state index is 0.145. The third kappa shape index (κ3) is 5.21. The summed E-state index contributed by atoms with van der Waals surface area (Å²) in [6.07, 6.45) is 4.15. The van der Waals surface area contributed by atoms with E-state index in [-0.39, 0.29) is 6.10 Å². The molecule has 0 aliphatic carbocycles. The Kier molecular flexibility index (Phi) is 6.33. The van der Waals surface area contributed by atoms with Gasteiger partial charge in [-0.2, -0.15) is 0 Å². The highest BCUT2D eigenvalue weighted by Crippen LogP contribution is 2.28. The first-order valence-corrected chi connectivity index (χ1v) is 7.85. The number of benzene rings is 1. The second kappa shape index (κ2) is 8.25. The maximum atomic E-state index is 5.73. The maximum absolute atomic E-state index is 5.73. The van der Waals surface area contributed by atoms with E-state index in [1.54, 1.807) is 7.11 Å². The molecule has 0 bridgehead atoms. The van der Waals surface area contributed by atoms with E-state index < -0.39 is 0 Å². The van der Waals surface area contributed by atoms with Gasteiger partial charge in [-0.1, -0.05) is 6.07 Å². The van der Waals surface area contributed by atoms with E-state index in [2.05, 4.69) is 11.4 Å². The lowest BCUT2D eigenvalue weighted by Gasteiger charge is -2.23. The number of hydrogen-bond acceptors (Lipinski definition) is 4. The van der Waals surface area contributed by atoms with Crippen LogP contribution in [0.25, 0.3) is 0 Å². The number of hydrogen-bond donors (Lipinski definition) is 1. The fourth-order valence-electron chi connectivity index (χ4n) is 2.52. The summed E-state index contributed by atoms with van der Waals surface area (Å²) in [5, 5.41) is 3.46. The Morgan fingerprint density at radius 3 is 2.81 bits per heavy atom. The van der Waals surface area contributed by atoms with Gasteiger partial charge in [-0.15, -0.1) is 0 Å². The molecule has 0 saturated carbocycles. The lowest BCUT2D eigenvalue weighted by atomic mass is 10.1. The summed E-state index contributed by atoms with van der Waals surface area (Å²) < 4.78 is 16.8. The van der Waals surface area contributed by atoms with Crippen LogP contribution in [0.5, 0.6) is 11.5 Å². The third-order valence-electron chi connectivity index (χ3n) is 3.57. The molecule has 4 nitrogen and oxygen atoms in total. The Morgan fingerprint density at radius 2 is 2.14 bits per heavy atom. The van der Waals surface area contributed by atoms with Gasteiger partial charge in [0.05, 0.1) is 19.3 Å². The molecule has 1 aromatic rings. The molecule has 1 atom stereocenters. The molecule has 4 heteroatoms. The van der Waals surface area contributed by atoms with Crippen LogP contribution in [0, 0.1) is 0 Å². The summed E-state index contributed by atoms with van der Waals surface area (Å²) in [5.41, 5.74) is 1.19. The summed E-state index contributed by atoms with van der Waals surface area (Å²) in [6.45, 7) is 6.66. The van der Waals surface area contributed by atoms with Crippen LogP contribution in [0.15, 0.2) is 18.2 Å². The molecule has 0 radical (unpaired) electrons. The van der Waals surface area contributed by atoms with Crippen LogP contribution in [0.2, 0.25) is 0 Å². The average Bonchev–Trinajstić information content (AvgIpc) is 2.49. The summed E-state index contributed by atoms with van der Waals surface area (Å²) in [6, 6.07) is 6.09. The predicted octanol–water partition coefficient (Wildman–Crippen LogP) is 3.14. The van der Waals surface area contributed by atoms with E-state index in [4.69, 9.17) is 14.2 Å². The minimum absolute atomic E-state index is 0.145. The van der Waals surface area contributed by atoms with E-state index >= 15 is 0 Å². The van der Waals surface area contributed by atoms with Crippen LogP contribution in [0.1, 0.15) is 38.7 Å². The zero-order valence-electron chi connectivity index (χ0n) is 13.4. The normalized spacial score (nSPS) is 18.8. The Labute approximate surface area is 127 Å². The second-order valence-electron chi connectivity index (χ2n) is 5.77. The van der Waals surface area contributed by atoms with Crippen molar-refractivity contribution in [1.29, 1.82) is 0 Å². The van der Waals surface area contributed by atoms with Gasteiger partial charge in [0.2, 0.25) is 0 Å². The molecule has 1 N–H and O–H groups in total. The van der Waals surface area contributed by atoms with Crippen LogP contribution >= 0.6 is 0 Å². The molecular formula is C17H27NO3. The van der Waals surface area contributed by atoms with Crippen molar-refractivity contribution >= 4 is 0 Å². The second-order valence-corrected chi connectivity index (χ2v) is 5.77. The summed E-state index contributed by atoms with van der Waals surface area (Å²) in [7, 11) is 1.68. The highest BCUT2D eigenvalue weighted by atomic mass is 16.5. The van der Waals surface area contributed by atoms with Gasteiger partial charge in [0.1, 0.15) is 0 Å². The molecule has 21 heavy (non-hydrogen) atoms. The maximum Gasteiger partial charge on any atom is 0.161 e. The van der Waals surface area contributed by atoms with Gasteiger partial charge in [-0.25, -0.2) is 0 Å². The molecule has 1 unspecified atom stereocenters. The smallest absolute Gasteiger partial charge is 0.161 e. The molecule has 1 saturated heterocycles.